The van der Waals surface area contributed by atoms with Crippen molar-refractivity contribution in [2.75, 3.05) is 42.9 Å². The summed E-state index contributed by atoms with van der Waals surface area (Å²) in [6.45, 7) is 3.48. The third kappa shape index (κ3) is 4.12. The molecule has 27 heavy (non-hydrogen) atoms. The van der Waals surface area contributed by atoms with Gasteiger partial charge >= 0.3 is 0 Å². The fourth-order valence-electron chi connectivity index (χ4n) is 3.15. The average molecular weight is 363 g/mol. The van der Waals surface area contributed by atoms with E-state index in [2.05, 4.69) is 30.6 Å². The summed E-state index contributed by atoms with van der Waals surface area (Å²) < 4.78 is 1.75. The molecule has 1 fully saturated rings. The number of amides is 1. The number of benzene rings is 2. The first kappa shape index (κ1) is 17.2. The lowest BCUT2D eigenvalue weighted by atomic mass is 10.3. The molecule has 2 heterocycles. The number of carbonyl (C=O) groups excluding carboxylic acids is 1. The SMILES string of the molecule is O=C(CN1CCN(c2nnnn2-c2ccccc2)CC1)Nc1ccccc1. The monoisotopic (exact) mass is 363 g/mol. The first-order valence-corrected chi connectivity index (χ1v) is 8.95. The Morgan fingerprint density at radius 3 is 2.30 bits per heavy atom. The molecule has 1 N–H and O–H groups in total. The van der Waals surface area contributed by atoms with E-state index < -0.39 is 0 Å². The van der Waals surface area contributed by atoms with Gasteiger partial charge in [-0.25, -0.2) is 0 Å². The Labute approximate surface area is 157 Å². The van der Waals surface area contributed by atoms with Gasteiger partial charge in [-0.3, -0.25) is 9.69 Å². The van der Waals surface area contributed by atoms with E-state index in [4.69, 9.17) is 0 Å². The Balaban J connectivity index is 1.33. The summed E-state index contributed by atoms with van der Waals surface area (Å²) in [6, 6.07) is 19.4. The number of hydrogen-bond donors (Lipinski definition) is 1. The molecule has 1 saturated heterocycles. The highest BCUT2D eigenvalue weighted by Gasteiger charge is 2.23. The number of para-hydroxylation sites is 2. The van der Waals surface area contributed by atoms with Crippen molar-refractivity contribution >= 4 is 17.5 Å². The van der Waals surface area contributed by atoms with Crippen molar-refractivity contribution < 1.29 is 4.79 Å². The summed E-state index contributed by atoms with van der Waals surface area (Å²) in [5.74, 6) is 0.735. The molecule has 0 saturated carbocycles. The van der Waals surface area contributed by atoms with Gasteiger partial charge in [0.15, 0.2) is 0 Å². The Hall–Kier alpha value is -3.26. The van der Waals surface area contributed by atoms with E-state index in [9.17, 15) is 4.79 Å². The van der Waals surface area contributed by atoms with Gasteiger partial charge in [0.1, 0.15) is 0 Å². The van der Waals surface area contributed by atoms with E-state index >= 15 is 0 Å². The van der Waals surface area contributed by atoms with Gasteiger partial charge < -0.3 is 10.2 Å². The summed E-state index contributed by atoms with van der Waals surface area (Å²) in [5.41, 5.74) is 1.75. The van der Waals surface area contributed by atoms with Crippen LogP contribution in [0.2, 0.25) is 0 Å². The van der Waals surface area contributed by atoms with Crippen molar-refractivity contribution in [1.29, 1.82) is 0 Å². The predicted molar refractivity (Wildman–Crippen MR) is 103 cm³/mol. The van der Waals surface area contributed by atoms with Gasteiger partial charge in [-0.05, 0) is 34.7 Å². The molecule has 0 radical (unpaired) electrons. The third-order valence-electron chi connectivity index (χ3n) is 4.53. The van der Waals surface area contributed by atoms with E-state index in [-0.39, 0.29) is 5.91 Å². The number of tetrazole rings is 1. The maximum absolute atomic E-state index is 12.2. The first-order valence-electron chi connectivity index (χ1n) is 8.95. The van der Waals surface area contributed by atoms with Crippen molar-refractivity contribution in [2.24, 2.45) is 0 Å². The smallest absolute Gasteiger partial charge is 0.250 e. The Morgan fingerprint density at radius 1 is 0.926 bits per heavy atom. The summed E-state index contributed by atoms with van der Waals surface area (Å²) in [6.07, 6.45) is 0. The molecular weight excluding hydrogens is 342 g/mol. The second-order valence-corrected chi connectivity index (χ2v) is 6.40. The van der Waals surface area contributed by atoms with Gasteiger partial charge in [-0.15, -0.1) is 0 Å². The predicted octanol–water partition coefficient (Wildman–Crippen LogP) is 1.42. The standard InChI is InChI=1S/C19H21N7O/c27-18(20-16-7-3-1-4-8-16)15-24-11-13-25(14-12-24)19-21-22-23-26(19)17-9-5-2-6-10-17/h1-10H,11-15H2,(H,20,27). The van der Waals surface area contributed by atoms with Crippen LogP contribution in [0.1, 0.15) is 0 Å². The van der Waals surface area contributed by atoms with Crippen molar-refractivity contribution in [2.45, 2.75) is 0 Å². The van der Waals surface area contributed by atoms with Crippen LogP contribution in [0.4, 0.5) is 11.6 Å². The normalized spacial score (nSPS) is 14.9. The molecule has 138 valence electrons. The quantitative estimate of drug-likeness (QED) is 0.739. The molecule has 8 nitrogen and oxygen atoms in total. The number of anilines is 2. The van der Waals surface area contributed by atoms with Crippen LogP contribution in [0.15, 0.2) is 60.7 Å². The molecule has 1 amide bonds. The second kappa shape index (κ2) is 7.96. The van der Waals surface area contributed by atoms with E-state index in [1.807, 2.05) is 60.7 Å². The summed E-state index contributed by atoms with van der Waals surface area (Å²) >= 11 is 0. The summed E-state index contributed by atoms with van der Waals surface area (Å²) in [5, 5.41) is 15.1. The highest BCUT2D eigenvalue weighted by Crippen LogP contribution is 2.17. The van der Waals surface area contributed by atoms with Gasteiger partial charge in [0.2, 0.25) is 11.9 Å². The number of nitrogens with zero attached hydrogens (tertiary/aromatic N) is 6. The number of hydrogen-bond acceptors (Lipinski definition) is 6. The van der Waals surface area contributed by atoms with E-state index in [0.717, 1.165) is 43.5 Å². The molecular formula is C19H21N7O. The van der Waals surface area contributed by atoms with E-state index in [0.29, 0.717) is 6.54 Å². The second-order valence-electron chi connectivity index (χ2n) is 6.40. The molecule has 2 aromatic carbocycles. The Morgan fingerprint density at radius 2 is 1.59 bits per heavy atom. The van der Waals surface area contributed by atoms with Crippen molar-refractivity contribution in [3.8, 4) is 5.69 Å². The average Bonchev–Trinajstić information content (AvgIpc) is 3.20. The molecule has 8 heteroatoms. The minimum atomic E-state index is 0.00349. The number of carbonyl (C=O) groups is 1. The highest BCUT2D eigenvalue weighted by atomic mass is 16.2. The molecule has 0 atom stereocenters. The highest BCUT2D eigenvalue weighted by molar-refractivity contribution is 5.92. The molecule has 3 aromatic rings. The van der Waals surface area contributed by atoms with Gasteiger partial charge in [-0.2, -0.15) is 4.68 Å². The fourth-order valence-corrected chi connectivity index (χ4v) is 3.15. The number of rotatable bonds is 5. The lowest BCUT2D eigenvalue weighted by molar-refractivity contribution is -0.117. The summed E-state index contributed by atoms with van der Waals surface area (Å²) in [4.78, 5) is 16.5. The lowest BCUT2D eigenvalue weighted by Crippen LogP contribution is -2.49. The minimum Gasteiger partial charge on any atom is -0.337 e. The van der Waals surface area contributed by atoms with Crippen LogP contribution < -0.4 is 10.2 Å². The fraction of sp³-hybridized carbons (Fsp3) is 0.263. The van der Waals surface area contributed by atoms with Crippen LogP contribution in [0.3, 0.4) is 0 Å². The molecule has 4 rings (SSSR count). The molecule has 1 aromatic heterocycles. The van der Waals surface area contributed by atoms with Crippen LogP contribution in [-0.4, -0.2) is 63.7 Å². The van der Waals surface area contributed by atoms with Crippen LogP contribution in [0.25, 0.3) is 5.69 Å². The molecule has 1 aliphatic heterocycles. The van der Waals surface area contributed by atoms with Crippen LogP contribution in [-0.2, 0) is 4.79 Å². The van der Waals surface area contributed by atoms with Gasteiger partial charge in [0, 0.05) is 31.9 Å². The van der Waals surface area contributed by atoms with Crippen LogP contribution >= 0.6 is 0 Å². The molecule has 0 aliphatic carbocycles. The number of piperazine rings is 1. The van der Waals surface area contributed by atoms with Gasteiger partial charge in [-0.1, -0.05) is 41.5 Å². The lowest BCUT2D eigenvalue weighted by Gasteiger charge is -2.34. The molecule has 1 aliphatic rings. The zero-order chi connectivity index (χ0) is 18.5. The van der Waals surface area contributed by atoms with Gasteiger partial charge in [0.05, 0.1) is 12.2 Å². The Kier molecular flexibility index (Phi) is 5.06. The van der Waals surface area contributed by atoms with Crippen LogP contribution in [0.5, 0.6) is 0 Å². The van der Waals surface area contributed by atoms with Crippen molar-refractivity contribution in [1.82, 2.24) is 25.1 Å². The minimum absolute atomic E-state index is 0.00349. The van der Waals surface area contributed by atoms with Crippen LogP contribution in [0, 0.1) is 0 Å². The zero-order valence-corrected chi connectivity index (χ0v) is 14.9. The number of nitrogens with one attached hydrogen (secondary N) is 1. The van der Waals surface area contributed by atoms with Crippen molar-refractivity contribution in [3.05, 3.63) is 60.7 Å². The largest absolute Gasteiger partial charge is 0.337 e. The molecule has 0 unspecified atom stereocenters. The third-order valence-corrected chi connectivity index (χ3v) is 4.53. The van der Waals surface area contributed by atoms with Crippen molar-refractivity contribution in [3.63, 3.8) is 0 Å². The molecule has 0 spiro atoms. The maximum Gasteiger partial charge on any atom is 0.250 e. The number of aromatic nitrogens is 4. The topological polar surface area (TPSA) is 79.2 Å². The maximum atomic E-state index is 12.2. The Bertz CT molecular complexity index is 873. The summed E-state index contributed by atoms with van der Waals surface area (Å²) in [7, 11) is 0. The first-order chi connectivity index (χ1) is 13.3. The van der Waals surface area contributed by atoms with E-state index in [1.54, 1.807) is 4.68 Å². The zero-order valence-electron chi connectivity index (χ0n) is 14.9. The van der Waals surface area contributed by atoms with Gasteiger partial charge in [0.25, 0.3) is 0 Å². The van der Waals surface area contributed by atoms with E-state index in [1.165, 1.54) is 0 Å². The molecule has 0 bridgehead atoms.